The molecular formula is C14H27Cl. The second kappa shape index (κ2) is 6.78. The molecule has 1 fully saturated rings. The zero-order chi connectivity index (χ0) is 11.3. The SMILES string of the molecule is CCCCC(C(C)C)C1CCCCC1Cl. The lowest BCUT2D eigenvalue weighted by atomic mass is 9.73. The number of hydrogen-bond acceptors (Lipinski definition) is 0. The first-order valence-corrected chi connectivity index (χ1v) is 7.24. The van der Waals surface area contributed by atoms with Crippen LogP contribution in [0.15, 0.2) is 0 Å². The molecule has 0 saturated heterocycles. The van der Waals surface area contributed by atoms with Crippen LogP contribution in [0.4, 0.5) is 0 Å². The van der Waals surface area contributed by atoms with Gasteiger partial charge in [-0.25, -0.2) is 0 Å². The summed E-state index contributed by atoms with van der Waals surface area (Å²) in [7, 11) is 0. The van der Waals surface area contributed by atoms with Crippen molar-refractivity contribution >= 4 is 11.6 Å². The Hall–Kier alpha value is 0.290. The van der Waals surface area contributed by atoms with Crippen molar-refractivity contribution in [2.45, 2.75) is 71.1 Å². The summed E-state index contributed by atoms with van der Waals surface area (Å²) in [6.07, 6.45) is 9.47. The van der Waals surface area contributed by atoms with Crippen LogP contribution >= 0.6 is 11.6 Å². The minimum absolute atomic E-state index is 0.461. The molecule has 0 aliphatic heterocycles. The summed E-state index contributed by atoms with van der Waals surface area (Å²) in [5.41, 5.74) is 0. The maximum atomic E-state index is 6.50. The van der Waals surface area contributed by atoms with Gasteiger partial charge in [-0.15, -0.1) is 11.6 Å². The molecule has 0 heterocycles. The Balaban J connectivity index is 2.52. The average Bonchev–Trinajstić information content (AvgIpc) is 2.20. The van der Waals surface area contributed by atoms with Crippen molar-refractivity contribution in [1.29, 1.82) is 0 Å². The van der Waals surface area contributed by atoms with Gasteiger partial charge in [0.15, 0.2) is 0 Å². The highest BCUT2D eigenvalue weighted by Crippen LogP contribution is 2.39. The Kier molecular flexibility index (Phi) is 6.04. The smallest absolute Gasteiger partial charge is 0.0367 e. The predicted molar refractivity (Wildman–Crippen MR) is 69.5 cm³/mol. The first-order valence-electron chi connectivity index (χ1n) is 6.80. The number of alkyl halides is 1. The monoisotopic (exact) mass is 230 g/mol. The zero-order valence-corrected chi connectivity index (χ0v) is 11.4. The van der Waals surface area contributed by atoms with E-state index in [0.29, 0.717) is 5.38 Å². The minimum Gasteiger partial charge on any atom is -0.123 e. The molecular weight excluding hydrogens is 204 g/mol. The predicted octanol–water partition coefficient (Wildman–Crippen LogP) is 5.25. The van der Waals surface area contributed by atoms with Crippen LogP contribution in [0.5, 0.6) is 0 Å². The lowest BCUT2D eigenvalue weighted by molar-refractivity contribution is 0.185. The standard InChI is InChI=1S/C14H27Cl/c1-4-5-8-12(11(2)3)13-9-6-7-10-14(13)15/h11-14H,4-10H2,1-3H3. The molecule has 0 N–H and O–H groups in total. The van der Waals surface area contributed by atoms with E-state index in [-0.39, 0.29) is 0 Å². The number of hydrogen-bond donors (Lipinski definition) is 0. The summed E-state index contributed by atoms with van der Waals surface area (Å²) >= 11 is 6.50. The van der Waals surface area contributed by atoms with E-state index >= 15 is 0 Å². The van der Waals surface area contributed by atoms with Crippen LogP contribution in [-0.2, 0) is 0 Å². The fourth-order valence-corrected chi connectivity index (χ4v) is 3.55. The Bertz CT molecular complexity index is 165. The van der Waals surface area contributed by atoms with Crippen LogP contribution in [0.1, 0.15) is 65.7 Å². The molecule has 90 valence electrons. The van der Waals surface area contributed by atoms with Gasteiger partial charge in [-0.2, -0.15) is 0 Å². The summed E-state index contributed by atoms with van der Waals surface area (Å²) in [6, 6.07) is 0. The average molecular weight is 231 g/mol. The number of unbranched alkanes of at least 4 members (excludes halogenated alkanes) is 1. The largest absolute Gasteiger partial charge is 0.123 e. The highest BCUT2D eigenvalue weighted by Gasteiger charge is 2.31. The molecule has 0 bridgehead atoms. The molecule has 0 aromatic carbocycles. The first kappa shape index (κ1) is 13.4. The molecule has 0 radical (unpaired) electrons. The minimum atomic E-state index is 0.461. The van der Waals surface area contributed by atoms with Crippen molar-refractivity contribution < 1.29 is 0 Å². The van der Waals surface area contributed by atoms with Gasteiger partial charge in [0.05, 0.1) is 0 Å². The van der Waals surface area contributed by atoms with Crippen molar-refractivity contribution in [2.24, 2.45) is 17.8 Å². The Labute approximate surface area is 101 Å². The van der Waals surface area contributed by atoms with E-state index in [1.54, 1.807) is 0 Å². The second-order valence-corrected chi connectivity index (χ2v) is 6.07. The molecule has 1 heteroatoms. The summed E-state index contributed by atoms with van der Waals surface area (Å²) in [6.45, 7) is 7.04. The van der Waals surface area contributed by atoms with E-state index in [1.165, 1.54) is 44.9 Å². The van der Waals surface area contributed by atoms with E-state index in [1.807, 2.05) is 0 Å². The molecule has 0 nitrogen and oxygen atoms in total. The molecule has 0 amide bonds. The van der Waals surface area contributed by atoms with Crippen LogP contribution in [0.2, 0.25) is 0 Å². The number of rotatable bonds is 5. The van der Waals surface area contributed by atoms with E-state index in [0.717, 1.165) is 17.8 Å². The quantitative estimate of drug-likeness (QED) is 0.566. The number of halogens is 1. The van der Waals surface area contributed by atoms with E-state index < -0.39 is 0 Å². The highest BCUT2D eigenvalue weighted by atomic mass is 35.5. The van der Waals surface area contributed by atoms with Crippen LogP contribution in [0, 0.1) is 17.8 Å². The molecule has 1 aliphatic rings. The van der Waals surface area contributed by atoms with E-state index in [9.17, 15) is 0 Å². The van der Waals surface area contributed by atoms with Crippen molar-refractivity contribution in [1.82, 2.24) is 0 Å². The Morgan fingerprint density at radius 2 is 1.87 bits per heavy atom. The molecule has 1 aliphatic carbocycles. The highest BCUT2D eigenvalue weighted by molar-refractivity contribution is 6.20. The lowest BCUT2D eigenvalue weighted by Crippen LogP contribution is -2.30. The Morgan fingerprint density at radius 1 is 1.20 bits per heavy atom. The maximum Gasteiger partial charge on any atom is 0.0367 e. The molecule has 1 saturated carbocycles. The normalized spacial score (nSPS) is 29.4. The first-order chi connectivity index (χ1) is 7.16. The van der Waals surface area contributed by atoms with Gasteiger partial charge in [-0.3, -0.25) is 0 Å². The molecule has 15 heavy (non-hydrogen) atoms. The van der Waals surface area contributed by atoms with Gasteiger partial charge in [0.25, 0.3) is 0 Å². The van der Waals surface area contributed by atoms with Gasteiger partial charge in [0, 0.05) is 5.38 Å². The molecule has 0 spiro atoms. The topological polar surface area (TPSA) is 0 Å². The van der Waals surface area contributed by atoms with Crippen LogP contribution in [0.25, 0.3) is 0 Å². The summed E-state index contributed by atoms with van der Waals surface area (Å²) in [5, 5.41) is 0.461. The maximum absolute atomic E-state index is 6.50. The Morgan fingerprint density at radius 3 is 2.40 bits per heavy atom. The third-order valence-electron chi connectivity index (χ3n) is 4.03. The van der Waals surface area contributed by atoms with Gasteiger partial charge in [-0.1, -0.05) is 46.5 Å². The summed E-state index contributed by atoms with van der Waals surface area (Å²) < 4.78 is 0. The molecule has 0 aromatic heterocycles. The molecule has 0 aromatic rings. The molecule has 3 unspecified atom stereocenters. The van der Waals surface area contributed by atoms with Crippen molar-refractivity contribution in [3.63, 3.8) is 0 Å². The third-order valence-corrected chi connectivity index (χ3v) is 4.57. The van der Waals surface area contributed by atoms with Crippen molar-refractivity contribution in [3.05, 3.63) is 0 Å². The van der Waals surface area contributed by atoms with E-state index in [4.69, 9.17) is 11.6 Å². The molecule has 1 rings (SSSR count). The van der Waals surface area contributed by atoms with Gasteiger partial charge >= 0.3 is 0 Å². The van der Waals surface area contributed by atoms with E-state index in [2.05, 4.69) is 20.8 Å². The van der Waals surface area contributed by atoms with Gasteiger partial charge in [-0.05, 0) is 37.0 Å². The van der Waals surface area contributed by atoms with Crippen LogP contribution in [0.3, 0.4) is 0 Å². The molecule has 3 atom stereocenters. The fraction of sp³-hybridized carbons (Fsp3) is 1.00. The third kappa shape index (κ3) is 3.98. The van der Waals surface area contributed by atoms with Crippen LogP contribution in [-0.4, -0.2) is 5.38 Å². The van der Waals surface area contributed by atoms with Gasteiger partial charge < -0.3 is 0 Å². The van der Waals surface area contributed by atoms with Crippen LogP contribution < -0.4 is 0 Å². The second-order valence-electron chi connectivity index (χ2n) is 5.51. The van der Waals surface area contributed by atoms with Gasteiger partial charge in [0.1, 0.15) is 0 Å². The fourth-order valence-electron chi connectivity index (χ4n) is 3.08. The summed E-state index contributed by atoms with van der Waals surface area (Å²) in [4.78, 5) is 0. The van der Waals surface area contributed by atoms with Crippen molar-refractivity contribution in [3.8, 4) is 0 Å². The van der Waals surface area contributed by atoms with Crippen molar-refractivity contribution in [2.75, 3.05) is 0 Å². The van der Waals surface area contributed by atoms with Gasteiger partial charge in [0.2, 0.25) is 0 Å². The lowest BCUT2D eigenvalue weighted by Gasteiger charge is -2.36. The summed E-state index contributed by atoms with van der Waals surface area (Å²) in [5.74, 6) is 2.47. The zero-order valence-electron chi connectivity index (χ0n) is 10.6.